The van der Waals surface area contributed by atoms with E-state index >= 15 is 4.39 Å². The van der Waals surface area contributed by atoms with Gasteiger partial charge in [-0.15, -0.1) is 0 Å². The van der Waals surface area contributed by atoms with Crippen LogP contribution in [0.4, 0.5) is 10.1 Å². The van der Waals surface area contributed by atoms with Crippen LogP contribution in [0.2, 0.25) is 10.0 Å². The lowest BCUT2D eigenvalue weighted by Crippen LogP contribution is -2.54. The Kier molecular flexibility index (Phi) is 7.31. The van der Waals surface area contributed by atoms with Crippen LogP contribution in [0.5, 0.6) is 0 Å². The molecule has 8 heteroatoms. The summed E-state index contributed by atoms with van der Waals surface area (Å²) in [5.74, 6) is -2.42. The van der Waals surface area contributed by atoms with Gasteiger partial charge in [-0.25, -0.2) is 4.39 Å². The molecule has 6 unspecified atom stereocenters. The van der Waals surface area contributed by atoms with Gasteiger partial charge in [-0.2, -0.15) is 0 Å². The third kappa shape index (κ3) is 4.68. The number of cyclic esters (lactones) is 1. The Morgan fingerprint density at radius 2 is 1.53 bits per heavy atom. The van der Waals surface area contributed by atoms with E-state index in [4.69, 9.17) is 27.9 Å². The first kappa shape index (κ1) is 30.0. The van der Waals surface area contributed by atoms with Gasteiger partial charge in [-0.1, -0.05) is 123 Å². The number of rotatable bonds is 4. The van der Waals surface area contributed by atoms with Crippen molar-refractivity contribution in [3.63, 3.8) is 0 Å². The summed E-state index contributed by atoms with van der Waals surface area (Å²) in [6.45, 7) is 6.35. The fourth-order valence-electron chi connectivity index (χ4n) is 7.98. The molecule has 1 spiro atoms. The van der Waals surface area contributed by atoms with Gasteiger partial charge < -0.3 is 10.1 Å². The second-order valence-corrected chi connectivity index (χ2v) is 14.3. The summed E-state index contributed by atoms with van der Waals surface area (Å²) < 4.78 is 22.7. The first-order valence-corrected chi connectivity index (χ1v) is 15.9. The lowest BCUT2D eigenvalue weighted by molar-refractivity contribution is -0.176. The Labute approximate surface area is 272 Å². The molecule has 45 heavy (non-hydrogen) atoms. The van der Waals surface area contributed by atoms with Crippen LogP contribution in [0.1, 0.15) is 67.5 Å². The fourth-order valence-corrected chi connectivity index (χ4v) is 8.33. The molecule has 0 aromatic heterocycles. The number of ether oxygens (including phenoxy) is 1. The molecule has 1 amide bonds. The van der Waals surface area contributed by atoms with Crippen molar-refractivity contribution in [2.24, 2.45) is 5.41 Å². The number of amides is 1. The highest BCUT2D eigenvalue weighted by Gasteiger charge is 2.72. The number of nitrogens with zero attached hydrogens (tertiary/aromatic N) is 1. The summed E-state index contributed by atoms with van der Waals surface area (Å²) in [6, 6.07) is 27.7. The highest BCUT2D eigenvalue weighted by molar-refractivity contribution is 6.31. The zero-order valence-electron chi connectivity index (χ0n) is 25.1. The molecule has 0 bridgehead atoms. The van der Waals surface area contributed by atoms with E-state index in [0.717, 1.165) is 11.1 Å². The van der Waals surface area contributed by atoms with E-state index in [9.17, 15) is 9.59 Å². The van der Waals surface area contributed by atoms with Crippen molar-refractivity contribution in [3.05, 3.63) is 135 Å². The summed E-state index contributed by atoms with van der Waals surface area (Å²) in [6.07, 6.45) is -0.149. The van der Waals surface area contributed by atoms with Gasteiger partial charge in [0.15, 0.2) is 0 Å². The molecule has 3 heterocycles. The summed E-state index contributed by atoms with van der Waals surface area (Å²) in [5.41, 5.74) is 1.55. The number of benzene rings is 4. The molecule has 3 aliphatic heterocycles. The van der Waals surface area contributed by atoms with Gasteiger partial charge in [0.2, 0.25) is 5.91 Å². The Morgan fingerprint density at radius 3 is 2.20 bits per heavy atom. The minimum atomic E-state index is -1.37. The zero-order chi connectivity index (χ0) is 31.7. The summed E-state index contributed by atoms with van der Waals surface area (Å²) in [7, 11) is 0. The third-order valence-corrected chi connectivity index (χ3v) is 10.1. The predicted molar refractivity (Wildman–Crippen MR) is 174 cm³/mol. The lowest BCUT2D eigenvalue weighted by atomic mass is 9.62. The van der Waals surface area contributed by atoms with Crippen molar-refractivity contribution in [2.75, 3.05) is 5.32 Å². The van der Waals surface area contributed by atoms with Gasteiger partial charge in [-0.05, 0) is 52.3 Å². The maximum Gasteiger partial charge on any atom is 0.324 e. The molecule has 7 rings (SSSR count). The van der Waals surface area contributed by atoms with Gasteiger partial charge in [0.1, 0.15) is 23.4 Å². The van der Waals surface area contributed by atoms with Crippen LogP contribution in [0.15, 0.2) is 97.1 Å². The van der Waals surface area contributed by atoms with Crippen molar-refractivity contribution in [1.29, 1.82) is 0 Å². The summed E-state index contributed by atoms with van der Waals surface area (Å²) in [4.78, 5) is 31.5. The average molecular weight is 644 g/mol. The van der Waals surface area contributed by atoms with Gasteiger partial charge >= 0.3 is 5.97 Å². The van der Waals surface area contributed by atoms with Gasteiger partial charge in [0.05, 0.1) is 11.1 Å². The molecular weight excluding hydrogens is 610 g/mol. The number of carbonyl (C=O) groups is 2. The molecular formula is C37H33Cl2FN2O3. The first-order valence-electron chi connectivity index (χ1n) is 15.2. The quantitative estimate of drug-likeness (QED) is 0.226. The number of esters is 1. The predicted octanol–water partition coefficient (Wildman–Crippen LogP) is 8.63. The molecule has 2 fully saturated rings. The molecule has 3 aliphatic rings. The minimum absolute atomic E-state index is 0.0749. The SMILES string of the molecule is CC(C)(C)CC1N2C(C(=O)OC(c3ccccc3)C2c2ccccc2)C(c2cccc(Cl)c2F)C12C(=O)Nc1cc(Cl)ccc12. The number of anilines is 1. The molecule has 5 nitrogen and oxygen atoms in total. The van der Waals surface area contributed by atoms with Crippen LogP contribution in [-0.2, 0) is 19.7 Å². The molecule has 230 valence electrons. The molecule has 1 N–H and O–H groups in total. The van der Waals surface area contributed by atoms with Crippen LogP contribution in [0.3, 0.4) is 0 Å². The molecule has 4 aromatic carbocycles. The Balaban J connectivity index is 1.58. The van der Waals surface area contributed by atoms with E-state index in [1.54, 1.807) is 24.3 Å². The van der Waals surface area contributed by atoms with Crippen LogP contribution < -0.4 is 5.32 Å². The van der Waals surface area contributed by atoms with Gasteiger partial charge in [-0.3, -0.25) is 14.5 Å². The van der Waals surface area contributed by atoms with Gasteiger partial charge in [0, 0.05) is 22.7 Å². The normalized spacial score (nSPS) is 27.6. The molecule has 4 aromatic rings. The van der Waals surface area contributed by atoms with E-state index in [2.05, 4.69) is 31.0 Å². The van der Waals surface area contributed by atoms with E-state index in [1.807, 2.05) is 66.7 Å². The van der Waals surface area contributed by atoms with Crippen molar-refractivity contribution in [2.45, 2.75) is 62.8 Å². The standard InChI is InChI=1S/C37H33Cl2FN2O3/c1-36(2,3)20-28-37(25-18-17-23(38)19-27(25)41-35(37)44)29(24-15-10-16-26(39)30(24)40)32-34(43)45-33(22-13-8-5-9-14-22)31(42(28)32)21-11-6-4-7-12-21/h4-19,28-29,31-33H,20H2,1-3H3,(H,41,44). The van der Waals surface area contributed by atoms with Crippen LogP contribution in [0, 0.1) is 11.2 Å². The first-order chi connectivity index (χ1) is 21.5. The third-order valence-electron chi connectivity index (χ3n) is 9.55. The summed E-state index contributed by atoms with van der Waals surface area (Å²) >= 11 is 12.8. The maximum atomic E-state index is 16.3. The lowest BCUT2D eigenvalue weighted by Gasteiger charge is -2.47. The Hall–Kier alpha value is -3.71. The van der Waals surface area contributed by atoms with Gasteiger partial charge in [0.25, 0.3) is 0 Å². The van der Waals surface area contributed by atoms with Crippen LogP contribution in [-0.4, -0.2) is 28.9 Å². The minimum Gasteiger partial charge on any atom is -0.454 e. The number of halogens is 3. The van der Waals surface area contributed by atoms with Crippen molar-refractivity contribution < 1.29 is 18.7 Å². The smallest absolute Gasteiger partial charge is 0.324 e. The number of morpholine rings is 1. The maximum absolute atomic E-state index is 16.3. The molecule has 2 saturated heterocycles. The van der Waals surface area contributed by atoms with E-state index in [0.29, 0.717) is 22.7 Å². The van der Waals surface area contributed by atoms with E-state index < -0.39 is 47.3 Å². The number of hydrogen-bond acceptors (Lipinski definition) is 4. The topological polar surface area (TPSA) is 58.6 Å². The van der Waals surface area contributed by atoms with Crippen molar-refractivity contribution >= 4 is 40.8 Å². The fraction of sp³-hybridized carbons (Fsp3) is 0.297. The average Bonchev–Trinajstić information content (AvgIpc) is 3.46. The zero-order valence-corrected chi connectivity index (χ0v) is 26.6. The number of fused-ring (bicyclic) bond motifs is 3. The van der Waals surface area contributed by atoms with E-state index in [1.165, 1.54) is 6.07 Å². The second-order valence-electron chi connectivity index (χ2n) is 13.4. The second kappa shape index (κ2) is 11.0. The summed E-state index contributed by atoms with van der Waals surface area (Å²) in [5, 5.41) is 3.47. The van der Waals surface area contributed by atoms with Crippen molar-refractivity contribution in [1.82, 2.24) is 4.90 Å². The number of hydrogen-bond donors (Lipinski definition) is 1. The largest absolute Gasteiger partial charge is 0.454 e. The molecule has 6 atom stereocenters. The monoisotopic (exact) mass is 642 g/mol. The van der Waals surface area contributed by atoms with Crippen LogP contribution in [0.25, 0.3) is 0 Å². The molecule has 0 saturated carbocycles. The number of nitrogens with one attached hydrogen (secondary N) is 1. The van der Waals surface area contributed by atoms with Crippen molar-refractivity contribution in [3.8, 4) is 0 Å². The molecule has 0 aliphatic carbocycles. The highest BCUT2D eigenvalue weighted by atomic mass is 35.5. The van der Waals surface area contributed by atoms with Crippen LogP contribution >= 0.6 is 23.2 Å². The Morgan fingerprint density at radius 1 is 0.867 bits per heavy atom. The van der Waals surface area contributed by atoms with E-state index in [-0.39, 0.29) is 21.9 Å². The highest BCUT2D eigenvalue weighted by Crippen LogP contribution is 2.64. The Bertz CT molecular complexity index is 1790. The number of carbonyl (C=O) groups excluding carboxylic acids is 2. The molecule has 0 radical (unpaired) electrons.